The minimum absolute atomic E-state index is 0.525. The molecule has 1 aliphatic heterocycles. The smallest absolute Gasteiger partial charge is 0.323 e. The van der Waals surface area contributed by atoms with Gasteiger partial charge in [-0.15, -0.1) is 0 Å². The first-order valence-electron chi connectivity index (χ1n) is 6.16. The zero-order valence-corrected chi connectivity index (χ0v) is 10.4. The van der Waals surface area contributed by atoms with E-state index >= 15 is 0 Å². The molecular formula is C12H24N2O2. The van der Waals surface area contributed by atoms with Gasteiger partial charge >= 0.3 is 5.97 Å². The lowest BCUT2D eigenvalue weighted by Crippen LogP contribution is -2.47. The van der Waals surface area contributed by atoms with E-state index in [1.54, 1.807) is 6.92 Å². The quantitative estimate of drug-likeness (QED) is 0.761. The third-order valence-electron chi connectivity index (χ3n) is 3.55. The van der Waals surface area contributed by atoms with Crippen LogP contribution in [0.5, 0.6) is 0 Å². The van der Waals surface area contributed by atoms with Crippen molar-refractivity contribution in [3.63, 3.8) is 0 Å². The molecule has 4 nitrogen and oxygen atoms in total. The summed E-state index contributed by atoms with van der Waals surface area (Å²) < 4.78 is 0. The van der Waals surface area contributed by atoms with Gasteiger partial charge in [-0.1, -0.05) is 6.92 Å². The number of carbonyl (C=O) groups is 1. The number of nitrogens with two attached hydrogens (primary N) is 1. The number of nitrogens with zero attached hydrogens (tertiary/aromatic N) is 1. The Hall–Kier alpha value is -0.610. The molecule has 1 heterocycles. The Morgan fingerprint density at radius 2 is 2.19 bits per heavy atom. The molecule has 0 aromatic carbocycles. The Kier molecular flexibility index (Phi) is 4.74. The van der Waals surface area contributed by atoms with Gasteiger partial charge in [-0.05, 0) is 51.6 Å². The molecular weight excluding hydrogens is 204 g/mol. The second kappa shape index (κ2) is 5.64. The topological polar surface area (TPSA) is 66.6 Å². The number of hydrogen-bond acceptors (Lipinski definition) is 3. The Morgan fingerprint density at radius 3 is 2.81 bits per heavy atom. The predicted molar refractivity (Wildman–Crippen MR) is 64.3 cm³/mol. The SMILES string of the molecule is CC1CCCN(CCC(C)(N)C(=O)O)CC1. The second-order valence-corrected chi connectivity index (χ2v) is 5.35. The zero-order chi connectivity index (χ0) is 12.2. The summed E-state index contributed by atoms with van der Waals surface area (Å²) in [7, 11) is 0. The van der Waals surface area contributed by atoms with Crippen LogP contribution >= 0.6 is 0 Å². The van der Waals surface area contributed by atoms with Crippen LogP contribution in [0.3, 0.4) is 0 Å². The summed E-state index contributed by atoms with van der Waals surface area (Å²) >= 11 is 0. The fourth-order valence-corrected chi connectivity index (χ4v) is 2.04. The summed E-state index contributed by atoms with van der Waals surface area (Å²) in [5.74, 6) is -0.107. The van der Waals surface area contributed by atoms with E-state index in [9.17, 15) is 4.79 Å². The molecule has 94 valence electrons. The van der Waals surface area contributed by atoms with E-state index in [1.165, 1.54) is 19.3 Å². The van der Waals surface area contributed by atoms with Gasteiger partial charge in [-0.2, -0.15) is 0 Å². The number of hydrogen-bond donors (Lipinski definition) is 2. The molecule has 2 unspecified atom stereocenters. The Bertz CT molecular complexity index is 241. The van der Waals surface area contributed by atoms with Gasteiger partial charge < -0.3 is 15.7 Å². The third-order valence-corrected chi connectivity index (χ3v) is 3.55. The highest BCUT2D eigenvalue weighted by Crippen LogP contribution is 2.17. The van der Waals surface area contributed by atoms with E-state index in [1.807, 2.05) is 0 Å². The van der Waals surface area contributed by atoms with Crippen molar-refractivity contribution in [1.29, 1.82) is 0 Å². The molecule has 0 aromatic heterocycles. The van der Waals surface area contributed by atoms with Crippen LogP contribution in [-0.4, -0.2) is 41.1 Å². The van der Waals surface area contributed by atoms with Crippen LogP contribution in [0, 0.1) is 5.92 Å². The fraction of sp³-hybridized carbons (Fsp3) is 0.917. The molecule has 1 fully saturated rings. The lowest BCUT2D eigenvalue weighted by molar-refractivity contribution is -0.143. The van der Waals surface area contributed by atoms with Gasteiger partial charge in [0.2, 0.25) is 0 Å². The molecule has 3 N–H and O–H groups in total. The number of carboxylic acids is 1. The average Bonchev–Trinajstić information content (AvgIpc) is 2.40. The van der Waals surface area contributed by atoms with Gasteiger partial charge in [0.25, 0.3) is 0 Å². The molecule has 0 aliphatic carbocycles. The van der Waals surface area contributed by atoms with Crippen LogP contribution in [0.1, 0.15) is 39.5 Å². The van der Waals surface area contributed by atoms with Gasteiger partial charge in [0, 0.05) is 6.54 Å². The molecule has 1 rings (SSSR count). The molecule has 2 atom stereocenters. The maximum Gasteiger partial charge on any atom is 0.323 e. The molecule has 0 saturated carbocycles. The van der Waals surface area contributed by atoms with Crippen LogP contribution in [-0.2, 0) is 4.79 Å². The maximum atomic E-state index is 10.9. The van der Waals surface area contributed by atoms with Crippen molar-refractivity contribution in [3.05, 3.63) is 0 Å². The zero-order valence-electron chi connectivity index (χ0n) is 10.4. The molecule has 16 heavy (non-hydrogen) atoms. The van der Waals surface area contributed by atoms with Gasteiger partial charge in [-0.25, -0.2) is 0 Å². The molecule has 1 saturated heterocycles. The molecule has 4 heteroatoms. The summed E-state index contributed by atoms with van der Waals surface area (Å²) in [6.07, 6.45) is 4.25. The van der Waals surface area contributed by atoms with E-state index in [4.69, 9.17) is 10.8 Å². The first-order chi connectivity index (χ1) is 7.42. The molecule has 1 aliphatic rings. The van der Waals surface area contributed by atoms with Crippen LogP contribution in [0.25, 0.3) is 0 Å². The monoisotopic (exact) mass is 228 g/mol. The van der Waals surface area contributed by atoms with Crippen molar-refractivity contribution < 1.29 is 9.90 Å². The summed E-state index contributed by atoms with van der Waals surface area (Å²) in [5, 5.41) is 8.92. The average molecular weight is 228 g/mol. The predicted octanol–water partition coefficient (Wildman–Crippen LogP) is 1.30. The largest absolute Gasteiger partial charge is 0.480 e. The van der Waals surface area contributed by atoms with Crippen LogP contribution in [0.4, 0.5) is 0 Å². The molecule has 0 aromatic rings. The summed E-state index contributed by atoms with van der Waals surface area (Å²) in [4.78, 5) is 13.2. The first-order valence-corrected chi connectivity index (χ1v) is 6.16. The number of aliphatic carboxylic acids is 1. The highest BCUT2D eigenvalue weighted by atomic mass is 16.4. The lowest BCUT2D eigenvalue weighted by atomic mass is 9.99. The van der Waals surface area contributed by atoms with Crippen LogP contribution in [0.15, 0.2) is 0 Å². The van der Waals surface area contributed by atoms with Gasteiger partial charge in [0.15, 0.2) is 0 Å². The van der Waals surface area contributed by atoms with Crippen molar-refractivity contribution >= 4 is 5.97 Å². The number of likely N-dealkylation sites (tertiary alicyclic amines) is 1. The minimum atomic E-state index is -1.09. The minimum Gasteiger partial charge on any atom is -0.480 e. The van der Waals surface area contributed by atoms with E-state index in [2.05, 4.69) is 11.8 Å². The van der Waals surface area contributed by atoms with Crippen molar-refractivity contribution in [2.45, 2.75) is 45.1 Å². The van der Waals surface area contributed by atoms with Crippen LogP contribution in [0.2, 0.25) is 0 Å². The molecule has 0 spiro atoms. The number of carboxylic acid groups (broad SMARTS) is 1. The van der Waals surface area contributed by atoms with Gasteiger partial charge in [0.05, 0.1) is 0 Å². The third kappa shape index (κ3) is 4.10. The van der Waals surface area contributed by atoms with E-state index < -0.39 is 11.5 Å². The maximum absolute atomic E-state index is 10.9. The summed E-state index contributed by atoms with van der Waals surface area (Å²) in [6, 6.07) is 0. The van der Waals surface area contributed by atoms with Crippen molar-refractivity contribution in [2.75, 3.05) is 19.6 Å². The van der Waals surface area contributed by atoms with E-state index in [0.717, 1.165) is 25.6 Å². The first kappa shape index (κ1) is 13.5. The Labute approximate surface area is 97.8 Å². The van der Waals surface area contributed by atoms with Crippen molar-refractivity contribution in [1.82, 2.24) is 4.90 Å². The van der Waals surface area contributed by atoms with Crippen molar-refractivity contribution in [3.8, 4) is 0 Å². The highest BCUT2D eigenvalue weighted by Gasteiger charge is 2.28. The van der Waals surface area contributed by atoms with Crippen molar-refractivity contribution in [2.24, 2.45) is 11.7 Å². The summed E-state index contributed by atoms with van der Waals surface area (Å²) in [6.45, 7) is 6.84. The van der Waals surface area contributed by atoms with Gasteiger partial charge in [0.1, 0.15) is 5.54 Å². The molecule has 0 amide bonds. The second-order valence-electron chi connectivity index (χ2n) is 5.35. The van der Waals surface area contributed by atoms with Gasteiger partial charge in [-0.3, -0.25) is 4.79 Å². The Balaban J connectivity index is 2.34. The normalized spacial score (nSPS) is 27.1. The van der Waals surface area contributed by atoms with E-state index in [-0.39, 0.29) is 0 Å². The Morgan fingerprint density at radius 1 is 1.50 bits per heavy atom. The fourth-order valence-electron chi connectivity index (χ4n) is 2.04. The van der Waals surface area contributed by atoms with E-state index in [0.29, 0.717) is 6.42 Å². The summed E-state index contributed by atoms with van der Waals surface area (Å²) in [5.41, 5.74) is 4.63. The van der Waals surface area contributed by atoms with Crippen LogP contribution < -0.4 is 5.73 Å². The highest BCUT2D eigenvalue weighted by molar-refractivity contribution is 5.77. The molecule has 0 radical (unpaired) electrons. The lowest BCUT2D eigenvalue weighted by Gasteiger charge is -2.25. The standard InChI is InChI=1S/C12H24N2O2/c1-10-4-3-7-14(8-5-10)9-6-12(2,13)11(15)16/h10H,3-9,13H2,1-2H3,(H,15,16). The number of rotatable bonds is 4. The molecule has 0 bridgehead atoms.